The molecule has 0 aliphatic rings. The molecule has 0 aromatic heterocycles. The fourth-order valence-electron chi connectivity index (χ4n) is 3.22. The maximum absolute atomic E-state index is 2.30. The van der Waals surface area contributed by atoms with E-state index in [1.54, 1.807) is 0 Å². The zero-order valence-corrected chi connectivity index (χ0v) is 19.5. The Morgan fingerprint density at radius 2 is 1.54 bits per heavy atom. The quantitative estimate of drug-likeness (QED) is 0.318. The van der Waals surface area contributed by atoms with Crippen molar-refractivity contribution in [3.63, 3.8) is 0 Å². The molecule has 0 N–H and O–H groups in total. The molecule has 0 heterocycles. The van der Waals surface area contributed by atoms with Gasteiger partial charge in [0.25, 0.3) is 0 Å². The van der Waals surface area contributed by atoms with Gasteiger partial charge in [-0.25, -0.2) is 0 Å². The molecule has 0 bridgehead atoms. The summed E-state index contributed by atoms with van der Waals surface area (Å²) in [4.78, 5) is 2.30. The van der Waals surface area contributed by atoms with Gasteiger partial charge in [0.05, 0.1) is 0 Å². The Balaban J connectivity index is 2.21. The molecule has 2 heteroatoms. The molecule has 0 unspecified atom stereocenters. The van der Waals surface area contributed by atoms with Gasteiger partial charge in [-0.05, 0) is 0 Å². The molecular formula is C26H25NW. The van der Waals surface area contributed by atoms with Gasteiger partial charge in [-0.3, -0.25) is 0 Å². The van der Waals surface area contributed by atoms with Gasteiger partial charge in [0.15, 0.2) is 0 Å². The summed E-state index contributed by atoms with van der Waals surface area (Å²) in [5, 5.41) is 0. The molecule has 28 heavy (non-hydrogen) atoms. The van der Waals surface area contributed by atoms with Crippen molar-refractivity contribution in [3.8, 4) is 0 Å². The zero-order valence-electron chi connectivity index (χ0n) is 16.6. The molecule has 3 aromatic rings. The monoisotopic (exact) mass is 535 g/mol. The molecule has 0 aliphatic carbocycles. The molecule has 140 valence electrons. The van der Waals surface area contributed by atoms with Crippen molar-refractivity contribution in [1.29, 1.82) is 0 Å². The zero-order chi connectivity index (χ0) is 19.9. The first kappa shape index (κ1) is 20.2. The number of allylic oxidation sites excluding steroid dienone is 3. The van der Waals surface area contributed by atoms with Crippen LogP contribution in [0.5, 0.6) is 0 Å². The van der Waals surface area contributed by atoms with Crippen molar-refractivity contribution in [1.82, 2.24) is 0 Å². The summed E-state index contributed by atoms with van der Waals surface area (Å²) in [6, 6.07) is 25.9. The predicted molar refractivity (Wildman–Crippen MR) is 119 cm³/mol. The number of anilines is 2. The number of aryl methyl sites for hydroxylation is 3. The Hall–Kier alpha value is -2.50. The third-order valence-corrected chi connectivity index (χ3v) is 5.19. The average molecular weight is 535 g/mol. The summed E-state index contributed by atoms with van der Waals surface area (Å²) in [6.45, 7) is 6.44. The minimum absolute atomic E-state index is 1.17. The van der Waals surface area contributed by atoms with Crippen LogP contribution in [0.1, 0.15) is 22.3 Å². The van der Waals surface area contributed by atoms with Crippen LogP contribution in [0.2, 0.25) is 0 Å². The molecule has 1 nitrogen and oxygen atoms in total. The molecule has 3 rings (SSSR count). The first-order valence-electron chi connectivity index (χ1n) is 9.41. The normalized spacial score (nSPS) is 11.6. The third-order valence-electron chi connectivity index (χ3n) is 4.63. The van der Waals surface area contributed by atoms with Crippen molar-refractivity contribution in [2.24, 2.45) is 0 Å². The topological polar surface area (TPSA) is 3.24 Å². The van der Waals surface area contributed by atoms with Crippen LogP contribution in [-0.2, 0) is 19.4 Å². The van der Waals surface area contributed by atoms with Crippen LogP contribution in [0.4, 0.5) is 11.4 Å². The molecular weight excluding hydrogens is 510 g/mol. The molecule has 0 amide bonds. The number of para-hydroxylation sites is 1. The SMILES string of the molecule is Cc1cccc(C(C=C[CH]=[W])=CN(c2cccc(C)c2)c2ccccc2C)c1. The van der Waals surface area contributed by atoms with E-state index in [4.69, 9.17) is 0 Å². The predicted octanol–water partition coefficient (Wildman–Crippen LogP) is 6.70. The Kier molecular flexibility index (Phi) is 6.95. The van der Waals surface area contributed by atoms with Gasteiger partial charge < -0.3 is 0 Å². The van der Waals surface area contributed by atoms with Gasteiger partial charge in [-0.15, -0.1) is 0 Å². The van der Waals surface area contributed by atoms with Crippen molar-refractivity contribution >= 4 is 21.3 Å². The van der Waals surface area contributed by atoms with E-state index >= 15 is 0 Å². The van der Waals surface area contributed by atoms with Gasteiger partial charge in [0.2, 0.25) is 0 Å². The Labute approximate surface area is 179 Å². The molecule has 0 atom stereocenters. The first-order valence-corrected chi connectivity index (χ1v) is 11.1. The van der Waals surface area contributed by atoms with E-state index in [1.165, 1.54) is 58.6 Å². The van der Waals surface area contributed by atoms with E-state index in [2.05, 4.69) is 121 Å². The number of rotatable bonds is 6. The van der Waals surface area contributed by atoms with Crippen LogP contribution in [0.15, 0.2) is 91.1 Å². The maximum atomic E-state index is 2.30. The molecule has 0 radical (unpaired) electrons. The number of nitrogens with zero attached hydrogens (tertiary/aromatic N) is 1. The van der Waals surface area contributed by atoms with Gasteiger partial charge in [0.1, 0.15) is 0 Å². The fourth-order valence-corrected chi connectivity index (χ4v) is 3.50. The van der Waals surface area contributed by atoms with Gasteiger partial charge in [-0.1, -0.05) is 0 Å². The first-order chi connectivity index (χ1) is 13.6. The second kappa shape index (κ2) is 9.62. The molecule has 0 aliphatic heterocycles. The van der Waals surface area contributed by atoms with Crippen LogP contribution < -0.4 is 4.90 Å². The van der Waals surface area contributed by atoms with E-state index in [1.807, 2.05) is 0 Å². The summed E-state index contributed by atoms with van der Waals surface area (Å²) in [5.41, 5.74) is 8.53. The summed E-state index contributed by atoms with van der Waals surface area (Å²) in [5.74, 6) is 0. The van der Waals surface area contributed by atoms with E-state index in [0.29, 0.717) is 0 Å². The Bertz CT molecular complexity index is 1030. The molecule has 0 spiro atoms. The fraction of sp³-hybridized carbons (Fsp3) is 0.115. The number of hydrogen-bond acceptors (Lipinski definition) is 1. The summed E-state index contributed by atoms with van der Waals surface area (Å²) in [6.07, 6.45) is 6.58. The second-order valence-electron chi connectivity index (χ2n) is 6.94. The molecule has 3 aromatic carbocycles. The third kappa shape index (κ3) is 5.06. The minimum atomic E-state index is 1.17. The van der Waals surface area contributed by atoms with Gasteiger partial charge in [0, 0.05) is 0 Å². The Morgan fingerprint density at radius 3 is 2.21 bits per heavy atom. The second-order valence-corrected chi connectivity index (χ2v) is 7.92. The number of hydrogen-bond donors (Lipinski definition) is 0. The number of benzene rings is 3. The van der Waals surface area contributed by atoms with Gasteiger partial charge in [-0.2, -0.15) is 0 Å². The molecule has 0 fully saturated rings. The van der Waals surface area contributed by atoms with Crippen LogP contribution in [0.3, 0.4) is 0 Å². The standard InChI is InChI=1S/C26H25N.W/c1-5-10-24(23-14-8-11-20(2)17-23)19-27(25-15-9-12-21(3)18-25)26-16-7-6-13-22(26)4;/h1,5-19H,2-4H3;. The van der Waals surface area contributed by atoms with Crippen molar-refractivity contribution in [2.75, 3.05) is 4.90 Å². The van der Waals surface area contributed by atoms with E-state index in [0.717, 1.165) is 0 Å². The van der Waals surface area contributed by atoms with Crippen molar-refractivity contribution in [2.45, 2.75) is 20.8 Å². The van der Waals surface area contributed by atoms with E-state index in [-0.39, 0.29) is 0 Å². The van der Waals surface area contributed by atoms with Crippen LogP contribution in [0, 0.1) is 20.8 Å². The average Bonchev–Trinajstić information content (AvgIpc) is 2.69. The summed E-state index contributed by atoms with van der Waals surface area (Å²) >= 11 is 1.45. The van der Waals surface area contributed by atoms with E-state index in [9.17, 15) is 0 Å². The summed E-state index contributed by atoms with van der Waals surface area (Å²) < 4.78 is 2.15. The summed E-state index contributed by atoms with van der Waals surface area (Å²) in [7, 11) is 0. The van der Waals surface area contributed by atoms with Crippen molar-refractivity contribution < 1.29 is 19.4 Å². The molecule has 0 saturated heterocycles. The van der Waals surface area contributed by atoms with Crippen LogP contribution in [-0.4, -0.2) is 4.40 Å². The van der Waals surface area contributed by atoms with Crippen LogP contribution in [0.25, 0.3) is 5.57 Å². The van der Waals surface area contributed by atoms with Crippen LogP contribution >= 0.6 is 0 Å². The van der Waals surface area contributed by atoms with Gasteiger partial charge >= 0.3 is 180 Å². The molecule has 0 saturated carbocycles. The van der Waals surface area contributed by atoms with Crippen molar-refractivity contribution in [3.05, 3.63) is 113 Å². The van der Waals surface area contributed by atoms with E-state index < -0.39 is 0 Å². The Morgan fingerprint density at radius 1 is 0.821 bits per heavy atom.